The van der Waals surface area contributed by atoms with Crippen LogP contribution in [0.25, 0.3) is 0 Å². The van der Waals surface area contributed by atoms with Crippen molar-refractivity contribution in [2.24, 2.45) is 0 Å². The molecule has 0 spiro atoms. The normalized spacial score (nSPS) is 13.1. The Morgan fingerprint density at radius 3 is 2.61 bits per heavy atom. The molecule has 6 nitrogen and oxygen atoms in total. The molecule has 2 amide bonds. The zero-order chi connectivity index (χ0) is 19.8. The number of likely N-dealkylation sites (tertiary alicyclic amines) is 1. The fourth-order valence-corrected chi connectivity index (χ4v) is 3.07. The van der Waals surface area contributed by atoms with E-state index in [-0.39, 0.29) is 18.4 Å². The van der Waals surface area contributed by atoms with Crippen molar-refractivity contribution in [2.75, 3.05) is 36.9 Å². The zero-order valence-corrected chi connectivity index (χ0v) is 15.8. The van der Waals surface area contributed by atoms with Gasteiger partial charge >= 0.3 is 0 Å². The fourth-order valence-electron chi connectivity index (χ4n) is 3.07. The number of benzene rings is 2. The summed E-state index contributed by atoms with van der Waals surface area (Å²) in [5, 5.41) is 5.90. The SMILES string of the molecule is C=CCOc1cccc(NCC(=O)Nc2cccc(C(=O)N3CCCC3)c2)c1. The minimum absolute atomic E-state index is 0.0167. The lowest BCUT2D eigenvalue weighted by molar-refractivity contribution is -0.114. The smallest absolute Gasteiger partial charge is 0.253 e. The van der Waals surface area contributed by atoms with Crippen LogP contribution in [0.1, 0.15) is 23.2 Å². The molecule has 0 atom stereocenters. The third-order valence-corrected chi connectivity index (χ3v) is 4.44. The highest BCUT2D eigenvalue weighted by Crippen LogP contribution is 2.18. The highest BCUT2D eigenvalue weighted by atomic mass is 16.5. The van der Waals surface area contributed by atoms with E-state index in [0.717, 1.165) is 31.6 Å². The maximum Gasteiger partial charge on any atom is 0.253 e. The van der Waals surface area contributed by atoms with Crippen molar-refractivity contribution in [1.29, 1.82) is 0 Å². The van der Waals surface area contributed by atoms with Gasteiger partial charge in [0.05, 0.1) is 6.54 Å². The van der Waals surface area contributed by atoms with Crippen LogP contribution < -0.4 is 15.4 Å². The first kappa shape index (κ1) is 19.5. The van der Waals surface area contributed by atoms with E-state index < -0.39 is 0 Å². The number of rotatable bonds is 8. The van der Waals surface area contributed by atoms with E-state index >= 15 is 0 Å². The van der Waals surface area contributed by atoms with Gasteiger partial charge in [0, 0.05) is 36.1 Å². The standard InChI is InChI=1S/C22H25N3O3/c1-2-13-28-20-10-6-8-18(15-20)23-16-21(26)24-19-9-5-7-17(14-19)22(27)25-11-3-4-12-25/h2,5-10,14-15,23H,1,3-4,11-13,16H2,(H,24,26). The molecule has 2 aromatic rings. The van der Waals surface area contributed by atoms with Crippen LogP contribution in [0.5, 0.6) is 5.75 Å². The number of hydrogen-bond acceptors (Lipinski definition) is 4. The molecule has 1 aliphatic heterocycles. The number of ether oxygens (including phenoxy) is 1. The number of anilines is 2. The largest absolute Gasteiger partial charge is 0.489 e. The molecule has 0 unspecified atom stereocenters. The van der Waals surface area contributed by atoms with Crippen molar-refractivity contribution >= 4 is 23.2 Å². The Kier molecular flexibility index (Phi) is 6.68. The molecule has 0 aliphatic carbocycles. The van der Waals surface area contributed by atoms with E-state index in [1.165, 1.54) is 0 Å². The lowest BCUT2D eigenvalue weighted by Gasteiger charge is -2.16. The van der Waals surface area contributed by atoms with E-state index in [0.29, 0.717) is 23.6 Å². The number of amides is 2. The van der Waals surface area contributed by atoms with E-state index in [1.807, 2.05) is 29.2 Å². The van der Waals surface area contributed by atoms with Crippen molar-refractivity contribution < 1.29 is 14.3 Å². The molecule has 2 N–H and O–H groups in total. The minimum Gasteiger partial charge on any atom is -0.489 e. The molecule has 6 heteroatoms. The summed E-state index contributed by atoms with van der Waals surface area (Å²) < 4.78 is 5.48. The van der Waals surface area contributed by atoms with Gasteiger partial charge in [0.25, 0.3) is 5.91 Å². The maximum atomic E-state index is 12.5. The Morgan fingerprint density at radius 1 is 1.07 bits per heavy atom. The summed E-state index contributed by atoms with van der Waals surface area (Å²) in [6.07, 6.45) is 3.78. The summed E-state index contributed by atoms with van der Waals surface area (Å²) in [6.45, 7) is 5.75. The van der Waals surface area contributed by atoms with Gasteiger partial charge in [-0.1, -0.05) is 24.8 Å². The fraction of sp³-hybridized carbons (Fsp3) is 0.273. The van der Waals surface area contributed by atoms with Gasteiger partial charge in [-0.05, 0) is 43.2 Å². The maximum absolute atomic E-state index is 12.5. The summed E-state index contributed by atoms with van der Waals surface area (Å²) in [4.78, 5) is 26.6. The van der Waals surface area contributed by atoms with E-state index in [9.17, 15) is 9.59 Å². The van der Waals surface area contributed by atoms with Crippen LogP contribution in [0.4, 0.5) is 11.4 Å². The van der Waals surface area contributed by atoms with Gasteiger partial charge in [-0.15, -0.1) is 0 Å². The molecular weight excluding hydrogens is 354 g/mol. The zero-order valence-electron chi connectivity index (χ0n) is 15.8. The Balaban J connectivity index is 1.54. The van der Waals surface area contributed by atoms with Crippen LogP contribution in [0.15, 0.2) is 61.2 Å². The van der Waals surface area contributed by atoms with Crippen LogP contribution in [0, 0.1) is 0 Å². The molecule has 1 fully saturated rings. The highest BCUT2D eigenvalue weighted by molar-refractivity contribution is 5.98. The average molecular weight is 379 g/mol. The van der Waals surface area contributed by atoms with Crippen molar-refractivity contribution in [3.63, 3.8) is 0 Å². The summed E-state index contributed by atoms with van der Waals surface area (Å²) in [5.74, 6) is 0.532. The monoisotopic (exact) mass is 379 g/mol. The highest BCUT2D eigenvalue weighted by Gasteiger charge is 2.19. The van der Waals surface area contributed by atoms with Crippen LogP contribution >= 0.6 is 0 Å². The lowest BCUT2D eigenvalue weighted by atomic mass is 10.1. The molecule has 0 bridgehead atoms. The van der Waals surface area contributed by atoms with Crippen molar-refractivity contribution in [1.82, 2.24) is 4.90 Å². The van der Waals surface area contributed by atoms with Crippen LogP contribution in [0.3, 0.4) is 0 Å². The molecule has 1 saturated heterocycles. The quantitative estimate of drug-likeness (QED) is 0.689. The predicted octanol–water partition coefficient (Wildman–Crippen LogP) is 3.54. The first-order valence-corrected chi connectivity index (χ1v) is 9.42. The van der Waals surface area contributed by atoms with Gasteiger partial charge in [-0.25, -0.2) is 0 Å². The van der Waals surface area contributed by atoms with Crippen molar-refractivity contribution in [3.8, 4) is 5.75 Å². The van der Waals surface area contributed by atoms with Gasteiger partial charge in [-0.2, -0.15) is 0 Å². The number of carbonyl (C=O) groups excluding carboxylic acids is 2. The van der Waals surface area contributed by atoms with Crippen molar-refractivity contribution in [3.05, 3.63) is 66.7 Å². The van der Waals surface area contributed by atoms with Gasteiger partial charge in [0.15, 0.2) is 0 Å². The number of nitrogens with one attached hydrogen (secondary N) is 2. The van der Waals surface area contributed by atoms with Crippen LogP contribution in [0.2, 0.25) is 0 Å². The van der Waals surface area contributed by atoms with E-state index in [1.54, 1.807) is 30.3 Å². The molecule has 1 aliphatic rings. The summed E-state index contributed by atoms with van der Waals surface area (Å²) >= 11 is 0. The first-order valence-electron chi connectivity index (χ1n) is 9.42. The second kappa shape index (κ2) is 9.60. The first-order chi connectivity index (χ1) is 13.7. The Hall–Kier alpha value is -3.28. The van der Waals surface area contributed by atoms with E-state index in [4.69, 9.17) is 4.74 Å². The van der Waals surface area contributed by atoms with Crippen molar-refractivity contribution in [2.45, 2.75) is 12.8 Å². The molecule has 0 aromatic heterocycles. The Morgan fingerprint density at radius 2 is 1.82 bits per heavy atom. The molecule has 146 valence electrons. The van der Waals surface area contributed by atoms with Crippen LogP contribution in [-0.2, 0) is 4.79 Å². The average Bonchev–Trinajstić information content (AvgIpc) is 3.25. The molecule has 0 radical (unpaired) electrons. The third kappa shape index (κ3) is 5.36. The molecule has 28 heavy (non-hydrogen) atoms. The number of hydrogen-bond donors (Lipinski definition) is 2. The topological polar surface area (TPSA) is 70.7 Å². The number of nitrogens with zero attached hydrogens (tertiary/aromatic N) is 1. The summed E-state index contributed by atoms with van der Waals surface area (Å²) in [5.41, 5.74) is 1.99. The minimum atomic E-state index is -0.191. The van der Waals surface area contributed by atoms with Gasteiger partial charge in [-0.3, -0.25) is 9.59 Å². The predicted molar refractivity (Wildman–Crippen MR) is 111 cm³/mol. The van der Waals surface area contributed by atoms with Gasteiger partial charge < -0.3 is 20.3 Å². The molecule has 0 saturated carbocycles. The van der Waals surface area contributed by atoms with Gasteiger partial charge in [0.1, 0.15) is 12.4 Å². The third-order valence-electron chi connectivity index (χ3n) is 4.44. The summed E-state index contributed by atoms with van der Waals surface area (Å²) in [6, 6.07) is 14.5. The second-order valence-corrected chi connectivity index (χ2v) is 6.61. The lowest BCUT2D eigenvalue weighted by Crippen LogP contribution is -2.27. The van der Waals surface area contributed by atoms with Crippen LogP contribution in [-0.4, -0.2) is 43.0 Å². The molecular formula is C22H25N3O3. The number of carbonyl (C=O) groups is 2. The molecule has 1 heterocycles. The Labute approximate surface area is 165 Å². The summed E-state index contributed by atoms with van der Waals surface area (Å²) in [7, 11) is 0. The van der Waals surface area contributed by atoms with E-state index in [2.05, 4.69) is 17.2 Å². The second-order valence-electron chi connectivity index (χ2n) is 6.61. The molecule has 3 rings (SSSR count). The molecule has 2 aromatic carbocycles. The van der Waals surface area contributed by atoms with Gasteiger partial charge in [0.2, 0.25) is 5.91 Å². The Bertz CT molecular complexity index is 844.